The Morgan fingerprint density at radius 2 is 2.38 bits per heavy atom. The molecule has 0 bridgehead atoms. The van der Waals surface area contributed by atoms with Crippen molar-refractivity contribution >= 4 is 5.91 Å². The molecule has 3 unspecified atom stereocenters. The van der Waals surface area contributed by atoms with E-state index < -0.39 is 5.60 Å². The second kappa shape index (κ2) is 5.61. The molecule has 1 amide bonds. The van der Waals surface area contributed by atoms with Gasteiger partial charge in [-0.1, -0.05) is 6.92 Å². The highest BCUT2D eigenvalue weighted by molar-refractivity contribution is 5.82. The minimum atomic E-state index is -0.824. The SMILES string of the molecule is CCC(C)(O)CNC(=O)C1CC(OC)CN1. The van der Waals surface area contributed by atoms with Crippen LogP contribution >= 0.6 is 0 Å². The lowest BCUT2D eigenvalue weighted by molar-refractivity contribution is -0.124. The van der Waals surface area contributed by atoms with Crippen molar-refractivity contribution in [3.8, 4) is 0 Å². The maximum atomic E-state index is 11.7. The summed E-state index contributed by atoms with van der Waals surface area (Å²) in [5.74, 6) is -0.0618. The van der Waals surface area contributed by atoms with Gasteiger partial charge in [0.2, 0.25) is 5.91 Å². The lowest BCUT2D eigenvalue weighted by Crippen LogP contribution is -2.46. The highest BCUT2D eigenvalue weighted by Gasteiger charge is 2.30. The standard InChI is InChI=1S/C11H22N2O3/c1-4-11(2,15)7-13-10(14)9-5-8(16-3)6-12-9/h8-9,12,15H,4-7H2,1-3H3,(H,13,14). The van der Waals surface area contributed by atoms with E-state index in [1.54, 1.807) is 14.0 Å². The molecule has 0 aliphatic carbocycles. The zero-order valence-electron chi connectivity index (χ0n) is 10.2. The Morgan fingerprint density at radius 3 is 2.88 bits per heavy atom. The van der Waals surface area contributed by atoms with E-state index in [4.69, 9.17) is 4.74 Å². The number of nitrogens with one attached hydrogen (secondary N) is 2. The summed E-state index contributed by atoms with van der Waals surface area (Å²) < 4.78 is 5.17. The molecule has 1 fully saturated rings. The van der Waals surface area contributed by atoms with Crippen LogP contribution in [0.15, 0.2) is 0 Å². The van der Waals surface area contributed by atoms with Crippen molar-refractivity contribution in [1.29, 1.82) is 0 Å². The number of hydrogen-bond acceptors (Lipinski definition) is 4. The van der Waals surface area contributed by atoms with Crippen LogP contribution in [0, 0.1) is 0 Å². The zero-order valence-corrected chi connectivity index (χ0v) is 10.2. The smallest absolute Gasteiger partial charge is 0.237 e. The molecular formula is C11H22N2O3. The maximum absolute atomic E-state index is 11.7. The number of carbonyl (C=O) groups is 1. The summed E-state index contributed by atoms with van der Waals surface area (Å²) in [6.07, 6.45) is 1.42. The van der Waals surface area contributed by atoms with Crippen LogP contribution in [0.2, 0.25) is 0 Å². The number of carbonyl (C=O) groups excluding carboxylic acids is 1. The summed E-state index contributed by atoms with van der Waals surface area (Å²) in [5, 5.41) is 15.6. The van der Waals surface area contributed by atoms with Crippen molar-refractivity contribution in [3.63, 3.8) is 0 Å². The van der Waals surface area contributed by atoms with Crippen molar-refractivity contribution in [1.82, 2.24) is 10.6 Å². The van der Waals surface area contributed by atoms with Crippen LogP contribution in [0.5, 0.6) is 0 Å². The number of aliphatic hydroxyl groups is 1. The molecular weight excluding hydrogens is 208 g/mol. The minimum absolute atomic E-state index is 0.0618. The molecule has 1 aliphatic heterocycles. The van der Waals surface area contributed by atoms with E-state index in [0.717, 1.165) is 0 Å². The third kappa shape index (κ3) is 3.73. The van der Waals surface area contributed by atoms with Gasteiger partial charge in [-0.3, -0.25) is 4.79 Å². The first-order valence-corrected chi connectivity index (χ1v) is 5.75. The van der Waals surface area contributed by atoms with Crippen molar-refractivity contribution in [3.05, 3.63) is 0 Å². The fourth-order valence-electron chi connectivity index (χ4n) is 1.61. The summed E-state index contributed by atoms with van der Waals surface area (Å²) >= 11 is 0. The molecule has 3 N–H and O–H groups in total. The Labute approximate surface area is 96.6 Å². The van der Waals surface area contributed by atoms with E-state index in [1.165, 1.54) is 0 Å². The van der Waals surface area contributed by atoms with Gasteiger partial charge >= 0.3 is 0 Å². The second-order valence-corrected chi connectivity index (χ2v) is 4.62. The predicted octanol–water partition coefficient (Wildman–Crippen LogP) is -0.359. The molecule has 1 saturated heterocycles. The summed E-state index contributed by atoms with van der Waals surface area (Å²) in [5.41, 5.74) is -0.824. The predicted molar refractivity (Wildman–Crippen MR) is 61.1 cm³/mol. The van der Waals surface area contributed by atoms with Gasteiger partial charge in [-0.15, -0.1) is 0 Å². The van der Waals surface area contributed by atoms with E-state index >= 15 is 0 Å². The van der Waals surface area contributed by atoms with E-state index in [9.17, 15) is 9.90 Å². The molecule has 94 valence electrons. The molecule has 1 heterocycles. The van der Waals surface area contributed by atoms with Gasteiger partial charge in [0.15, 0.2) is 0 Å². The Balaban J connectivity index is 2.31. The van der Waals surface area contributed by atoms with Gasteiger partial charge in [-0.2, -0.15) is 0 Å². The Bertz CT molecular complexity index is 243. The Morgan fingerprint density at radius 1 is 1.69 bits per heavy atom. The Kier molecular flexibility index (Phi) is 4.70. The second-order valence-electron chi connectivity index (χ2n) is 4.62. The quantitative estimate of drug-likeness (QED) is 0.603. The third-order valence-electron chi connectivity index (χ3n) is 3.15. The molecule has 16 heavy (non-hydrogen) atoms. The summed E-state index contributed by atoms with van der Waals surface area (Å²) in [4.78, 5) is 11.7. The maximum Gasteiger partial charge on any atom is 0.237 e. The summed E-state index contributed by atoms with van der Waals surface area (Å²) in [7, 11) is 1.65. The fourth-order valence-corrected chi connectivity index (χ4v) is 1.61. The molecule has 0 aromatic rings. The number of ether oxygens (including phenoxy) is 1. The van der Waals surface area contributed by atoms with E-state index in [1.807, 2.05) is 6.92 Å². The number of amides is 1. The molecule has 0 radical (unpaired) electrons. The zero-order chi connectivity index (χ0) is 12.2. The molecule has 0 aromatic heterocycles. The van der Waals surface area contributed by atoms with Crippen LogP contribution in [0.3, 0.4) is 0 Å². The molecule has 0 saturated carbocycles. The molecule has 5 heteroatoms. The number of rotatable bonds is 5. The highest BCUT2D eigenvalue weighted by atomic mass is 16.5. The van der Waals surface area contributed by atoms with E-state index in [0.29, 0.717) is 19.4 Å². The first-order valence-electron chi connectivity index (χ1n) is 5.75. The van der Waals surface area contributed by atoms with Gasteiger partial charge in [-0.05, 0) is 19.8 Å². The molecule has 1 rings (SSSR count). The van der Waals surface area contributed by atoms with Gasteiger partial charge in [-0.25, -0.2) is 0 Å². The average molecular weight is 230 g/mol. The molecule has 0 spiro atoms. The van der Waals surface area contributed by atoms with Crippen LogP contribution in [0.4, 0.5) is 0 Å². The van der Waals surface area contributed by atoms with Gasteiger partial charge in [0.1, 0.15) is 0 Å². The van der Waals surface area contributed by atoms with Gasteiger partial charge in [0, 0.05) is 20.2 Å². The van der Waals surface area contributed by atoms with Crippen molar-refractivity contribution in [2.24, 2.45) is 0 Å². The molecule has 0 aromatic carbocycles. The normalized spacial score (nSPS) is 28.8. The summed E-state index contributed by atoms with van der Waals surface area (Å²) in [6, 6.07) is -0.197. The molecule has 3 atom stereocenters. The molecule has 5 nitrogen and oxygen atoms in total. The van der Waals surface area contributed by atoms with Gasteiger partial charge < -0.3 is 20.5 Å². The van der Waals surface area contributed by atoms with Crippen LogP contribution in [-0.4, -0.2) is 49.0 Å². The number of methoxy groups -OCH3 is 1. The van der Waals surface area contributed by atoms with Crippen LogP contribution < -0.4 is 10.6 Å². The fraction of sp³-hybridized carbons (Fsp3) is 0.909. The van der Waals surface area contributed by atoms with Crippen LogP contribution in [0.1, 0.15) is 26.7 Å². The lowest BCUT2D eigenvalue weighted by Gasteiger charge is -2.22. The third-order valence-corrected chi connectivity index (χ3v) is 3.15. The van der Waals surface area contributed by atoms with Gasteiger partial charge in [0.05, 0.1) is 17.7 Å². The van der Waals surface area contributed by atoms with Crippen molar-refractivity contribution in [2.45, 2.75) is 44.4 Å². The van der Waals surface area contributed by atoms with Gasteiger partial charge in [0.25, 0.3) is 0 Å². The first-order chi connectivity index (χ1) is 7.48. The first kappa shape index (κ1) is 13.4. The average Bonchev–Trinajstić information content (AvgIpc) is 2.74. The van der Waals surface area contributed by atoms with Crippen molar-refractivity contribution in [2.75, 3.05) is 20.2 Å². The number of hydrogen-bond donors (Lipinski definition) is 3. The van der Waals surface area contributed by atoms with Crippen LogP contribution in [-0.2, 0) is 9.53 Å². The largest absolute Gasteiger partial charge is 0.388 e. The highest BCUT2D eigenvalue weighted by Crippen LogP contribution is 2.10. The van der Waals surface area contributed by atoms with E-state index in [2.05, 4.69) is 10.6 Å². The van der Waals surface area contributed by atoms with E-state index in [-0.39, 0.29) is 24.6 Å². The lowest BCUT2D eigenvalue weighted by atomic mass is 10.0. The Hall–Kier alpha value is -0.650. The summed E-state index contributed by atoms with van der Waals surface area (Å²) in [6.45, 7) is 4.60. The minimum Gasteiger partial charge on any atom is -0.388 e. The molecule has 1 aliphatic rings. The van der Waals surface area contributed by atoms with Crippen LogP contribution in [0.25, 0.3) is 0 Å². The van der Waals surface area contributed by atoms with Crippen molar-refractivity contribution < 1.29 is 14.6 Å². The monoisotopic (exact) mass is 230 g/mol. The topological polar surface area (TPSA) is 70.6 Å².